The fourth-order valence-corrected chi connectivity index (χ4v) is 5.53. The van der Waals surface area contributed by atoms with Crippen molar-refractivity contribution in [2.24, 2.45) is 0 Å². The highest BCUT2D eigenvalue weighted by molar-refractivity contribution is 8.02. The van der Waals surface area contributed by atoms with E-state index in [0.717, 1.165) is 16.1 Å². The molecule has 1 N–H and O–H groups in total. The van der Waals surface area contributed by atoms with E-state index < -0.39 is 4.87 Å². The zero-order valence-corrected chi connectivity index (χ0v) is 16.3. The van der Waals surface area contributed by atoms with E-state index in [1.165, 1.54) is 11.8 Å². The monoisotopic (exact) mass is 406 g/mol. The molecular formula is C19H16Cl2N2O2S. The molecule has 26 heavy (non-hydrogen) atoms. The summed E-state index contributed by atoms with van der Waals surface area (Å²) in [6.45, 7) is 1.87. The average Bonchev–Trinajstić information content (AvgIpc) is 3.11. The minimum Gasteiger partial charge on any atom is -0.347 e. The van der Waals surface area contributed by atoms with Gasteiger partial charge in [-0.25, -0.2) is 0 Å². The number of nitrogens with one attached hydrogen (secondary N) is 1. The number of rotatable bonds is 3. The molecule has 0 aromatic heterocycles. The Labute approximate surface area is 165 Å². The van der Waals surface area contributed by atoms with Crippen LogP contribution in [0.3, 0.4) is 0 Å². The highest BCUT2D eigenvalue weighted by Crippen LogP contribution is 2.55. The highest BCUT2D eigenvalue weighted by atomic mass is 35.5. The maximum absolute atomic E-state index is 13.2. The smallest absolute Gasteiger partial charge is 0.257 e. The van der Waals surface area contributed by atoms with Gasteiger partial charge in [0.2, 0.25) is 5.91 Å². The van der Waals surface area contributed by atoms with Crippen molar-refractivity contribution in [3.63, 3.8) is 0 Å². The van der Waals surface area contributed by atoms with Crippen molar-refractivity contribution in [2.75, 3.05) is 4.90 Å². The van der Waals surface area contributed by atoms with Crippen molar-refractivity contribution in [2.45, 2.75) is 35.6 Å². The summed E-state index contributed by atoms with van der Waals surface area (Å²) in [5.41, 5.74) is 1.60. The zero-order valence-electron chi connectivity index (χ0n) is 14.0. The Hall–Kier alpha value is -1.69. The molecule has 0 bridgehead atoms. The molecule has 0 unspecified atom stereocenters. The minimum absolute atomic E-state index is 0.0187. The first-order chi connectivity index (χ1) is 12.4. The summed E-state index contributed by atoms with van der Waals surface area (Å²) in [5, 5.41) is 4.09. The standard InChI is InChI=1S/C19H16Cl2N2O2S/c1-11(13-7-6-12(20)10-14(13)21)22-18(25)19-9-8-17(24)23(19)15-4-2-3-5-16(15)26-19/h2-7,10-11H,8-9H2,1H3,(H,22,25)/t11-,19+/m1/s1. The molecule has 2 aliphatic rings. The number of halogens is 2. The van der Waals surface area contributed by atoms with Crippen LogP contribution in [0.15, 0.2) is 47.4 Å². The van der Waals surface area contributed by atoms with Gasteiger partial charge in [0, 0.05) is 21.4 Å². The Kier molecular flexibility index (Phi) is 4.41. The minimum atomic E-state index is -0.923. The van der Waals surface area contributed by atoms with Gasteiger partial charge >= 0.3 is 0 Å². The number of para-hydroxylation sites is 1. The van der Waals surface area contributed by atoms with E-state index in [1.54, 1.807) is 23.1 Å². The van der Waals surface area contributed by atoms with Crippen LogP contribution in [0.4, 0.5) is 5.69 Å². The van der Waals surface area contributed by atoms with Crippen LogP contribution in [0.1, 0.15) is 31.4 Å². The maximum atomic E-state index is 13.2. The van der Waals surface area contributed by atoms with Gasteiger partial charge in [-0.05, 0) is 43.2 Å². The summed E-state index contributed by atoms with van der Waals surface area (Å²) < 4.78 is 0. The van der Waals surface area contributed by atoms with E-state index in [-0.39, 0.29) is 17.9 Å². The van der Waals surface area contributed by atoms with Gasteiger partial charge in [-0.2, -0.15) is 0 Å². The van der Waals surface area contributed by atoms with Crippen molar-refractivity contribution in [1.82, 2.24) is 5.32 Å². The summed E-state index contributed by atoms with van der Waals surface area (Å²) in [6, 6.07) is 12.5. The molecule has 4 rings (SSSR count). The molecule has 4 nitrogen and oxygen atoms in total. The summed E-state index contributed by atoms with van der Waals surface area (Å²) in [4.78, 5) is 27.4. The molecule has 0 saturated carbocycles. The molecule has 7 heteroatoms. The number of hydrogen-bond donors (Lipinski definition) is 1. The molecule has 0 aliphatic carbocycles. The van der Waals surface area contributed by atoms with E-state index in [1.807, 2.05) is 31.2 Å². The quantitative estimate of drug-likeness (QED) is 0.795. The molecule has 2 atom stereocenters. The number of anilines is 1. The lowest BCUT2D eigenvalue weighted by Crippen LogP contribution is -2.52. The first kappa shape index (κ1) is 17.7. The second-order valence-electron chi connectivity index (χ2n) is 6.44. The molecule has 1 saturated heterocycles. The number of hydrogen-bond acceptors (Lipinski definition) is 3. The SMILES string of the molecule is C[C@@H](NC(=O)[C@@]12CCC(=O)N1c1ccccc1S2)c1ccc(Cl)cc1Cl. The van der Waals surface area contributed by atoms with Crippen molar-refractivity contribution in [3.8, 4) is 0 Å². The third kappa shape index (κ3) is 2.70. The van der Waals surface area contributed by atoms with E-state index in [2.05, 4.69) is 5.32 Å². The van der Waals surface area contributed by atoms with E-state index >= 15 is 0 Å². The molecule has 2 aromatic carbocycles. The summed E-state index contributed by atoms with van der Waals surface area (Å²) >= 11 is 13.7. The predicted octanol–water partition coefficient (Wildman–Crippen LogP) is 4.80. The van der Waals surface area contributed by atoms with Crippen LogP contribution < -0.4 is 10.2 Å². The van der Waals surface area contributed by atoms with Crippen LogP contribution in [0.25, 0.3) is 0 Å². The van der Waals surface area contributed by atoms with Gasteiger partial charge in [0.25, 0.3) is 5.91 Å². The van der Waals surface area contributed by atoms with E-state index in [0.29, 0.717) is 22.9 Å². The first-order valence-corrected chi connectivity index (χ1v) is 9.86. The normalized spacial score (nSPS) is 22.1. The molecule has 2 heterocycles. The number of thioether (sulfide) groups is 1. The summed E-state index contributed by atoms with van der Waals surface area (Å²) in [7, 11) is 0. The summed E-state index contributed by atoms with van der Waals surface area (Å²) in [6.07, 6.45) is 0.850. The van der Waals surface area contributed by atoms with Gasteiger partial charge in [-0.1, -0.05) is 53.2 Å². The van der Waals surface area contributed by atoms with Gasteiger partial charge in [-0.3, -0.25) is 14.5 Å². The number of carbonyl (C=O) groups excluding carboxylic acids is 2. The Morgan fingerprint density at radius 1 is 1.27 bits per heavy atom. The molecule has 2 aromatic rings. The molecule has 2 amide bonds. The van der Waals surface area contributed by atoms with Gasteiger partial charge < -0.3 is 5.32 Å². The van der Waals surface area contributed by atoms with Gasteiger partial charge in [0.1, 0.15) is 0 Å². The van der Waals surface area contributed by atoms with Crippen molar-refractivity contribution in [1.29, 1.82) is 0 Å². The topological polar surface area (TPSA) is 49.4 Å². The second kappa shape index (κ2) is 6.48. The third-order valence-corrected chi connectivity index (χ3v) is 6.84. The lowest BCUT2D eigenvalue weighted by atomic mass is 10.1. The maximum Gasteiger partial charge on any atom is 0.257 e. The number of benzene rings is 2. The number of nitrogens with zero attached hydrogens (tertiary/aromatic N) is 1. The van der Waals surface area contributed by atoms with Gasteiger partial charge in [-0.15, -0.1) is 0 Å². The second-order valence-corrected chi connectivity index (χ2v) is 8.61. The average molecular weight is 407 g/mol. The van der Waals surface area contributed by atoms with Crippen molar-refractivity contribution >= 4 is 52.5 Å². The van der Waals surface area contributed by atoms with E-state index in [9.17, 15) is 9.59 Å². The highest BCUT2D eigenvalue weighted by Gasteiger charge is 2.57. The Bertz CT molecular complexity index is 920. The number of fused-ring (bicyclic) bond motifs is 3. The van der Waals surface area contributed by atoms with Gasteiger partial charge in [0.15, 0.2) is 4.87 Å². The molecule has 0 spiro atoms. The first-order valence-electron chi connectivity index (χ1n) is 8.29. The largest absolute Gasteiger partial charge is 0.347 e. The fourth-order valence-electron chi connectivity index (χ4n) is 3.54. The predicted molar refractivity (Wildman–Crippen MR) is 105 cm³/mol. The van der Waals surface area contributed by atoms with Crippen LogP contribution in [-0.2, 0) is 9.59 Å². The van der Waals surface area contributed by atoms with Crippen molar-refractivity contribution < 1.29 is 9.59 Å². The fraction of sp³-hybridized carbons (Fsp3) is 0.263. The molecule has 2 aliphatic heterocycles. The lowest BCUT2D eigenvalue weighted by Gasteiger charge is -2.31. The molecule has 1 fully saturated rings. The Balaban J connectivity index is 1.63. The number of carbonyl (C=O) groups is 2. The van der Waals surface area contributed by atoms with Crippen molar-refractivity contribution in [3.05, 3.63) is 58.1 Å². The molecule has 134 valence electrons. The molecule has 0 radical (unpaired) electrons. The lowest BCUT2D eigenvalue weighted by molar-refractivity contribution is -0.125. The third-order valence-electron chi connectivity index (χ3n) is 4.80. The van der Waals surface area contributed by atoms with Crippen LogP contribution in [-0.4, -0.2) is 16.7 Å². The van der Waals surface area contributed by atoms with Crippen LogP contribution in [0.2, 0.25) is 10.0 Å². The number of amides is 2. The zero-order chi connectivity index (χ0) is 18.5. The van der Waals surface area contributed by atoms with Crippen LogP contribution in [0.5, 0.6) is 0 Å². The van der Waals surface area contributed by atoms with Crippen LogP contribution in [0, 0.1) is 0 Å². The summed E-state index contributed by atoms with van der Waals surface area (Å²) in [5.74, 6) is -0.196. The van der Waals surface area contributed by atoms with Crippen LogP contribution >= 0.6 is 35.0 Å². The van der Waals surface area contributed by atoms with E-state index in [4.69, 9.17) is 23.2 Å². The molecular weight excluding hydrogens is 391 g/mol. The Morgan fingerprint density at radius 3 is 2.81 bits per heavy atom. The van der Waals surface area contributed by atoms with Gasteiger partial charge in [0.05, 0.1) is 11.7 Å². The Morgan fingerprint density at radius 2 is 2.04 bits per heavy atom.